The van der Waals surface area contributed by atoms with E-state index in [2.05, 4.69) is 20.3 Å². The standard InChI is InChI=1S/C20H27FN4O2S.HI/c1-4-22-20(24-14-17-8-7-16(3)19(21)13-17)23-11-12-25-28(26,27)18-9-5-15(2)6-10-18;/h5-10,13,25H,4,11-12,14H2,1-3H3,(H2,22,23,24);1H. The summed E-state index contributed by atoms with van der Waals surface area (Å²) < 4.78 is 40.7. The predicted octanol–water partition coefficient (Wildman–Crippen LogP) is 3.09. The van der Waals surface area contributed by atoms with E-state index < -0.39 is 10.0 Å². The van der Waals surface area contributed by atoms with Gasteiger partial charge >= 0.3 is 0 Å². The summed E-state index contributed by atoms with van der Waals surface area (Å²) >= 11 is 0. The van der Waals surface area contributed by atoms with Crippen LogP contribution in [0.15, 0.2) is 52.4 Å². The average Bonchev–Trinajstić information content (AvgIpc) is 2.66. The maximum absolute atomic E-state index is 13.6. The molecule has 0 aliphatic carbocycles. The molecule has 0 heterocycles. The summed E-state index contributed by atoms with van der Waals surface area (Å²) in [6, 6.07) is 11.7. The van der Waals surface area contributed by atoms with Crippen molar-refractivity contribution in [2.45, 2.75) is 32.2 Å². The molecule has 0 amide bonds. The first-order valence-electron chi connectivity index (χ1n) is 9.15. The lowest BCUT2D eigenvalue weighted by Gasteiger charge is -2.12. The zero-order valence-corrected chi connectivity index (χ0v) is 20.0. The molecular formula is C20H28FIN4O2S. The van der Waals surface area contributed by atoms with Gasteiger partial charge in [-0.2, -0.15) is 0 Å². The Hall–Kier alpha value is -1.72. The minimum absolute atomic E-state index is 0. The molecule has 0 saturated carbocycles. The van der Waals surface area contributed by atoms with E-state index in [0.717, 1.165) is 11.1 Å². The summed E-state index contributed by atoms with van der Waals surface area (Å²) in [5, 5.41) is 6.15. The first-order chi connectivity index (χ1) is 13.3. The van der Waals surface area contributed by atoms with Gasteiger partial charge in [0.15, 0.2) is 5.96 Å². The summed E-state index contributed by atoms with van der Waals surface area (Å²) in [6.07, 6.45) is 0. The van der Waals surface area contributed by atoms with Crippen LogP contribution in [0.1, 0.15) is 23.6 Å². The highest BCUT2D eigenvalue weighted by Crippen LogP contribution is 2.10. The topological polar surface area (TPSA) is 82.6 Å². The van der Waals surface area contributed by atoms with Crippen molar-refractivity contribution in [2.75, 3.05) is 19.6 Å². The molecule has 2 aromatic rings. The number of hydrogen-bond acceptors (Lipinski definition) is 3. The Morgan fingerprint density at radius 2 is 1.72 bits per heavy atom. The van der Waals surface area contributed by atoms with E-state index in [1.165, 1.54) is 6.07 Å². The second kappa shape index (κ2) is 12.1. The minimum atomic E-state index is -3.54. The van der Waals surface area contributed by atoms with E-state index in [1.54, 1.807) is 37.3 Å². The summed E-state index contributed by atoms with van der Waals surface area (Å²) in [5.74, 6) is 0.286. The van der Waals surface area contributed by atoms with Crippen LogP contribution in [0.25, 0.3) is 0 Å². The average molecular weight is 534 g/mol. The number of guanidine groups is 1. The van der Waals surface area contributed by atoms with Crippen molar-refractivity contribution in [3.63, 3.8) is 0 Å². The van der Waals surface area contributed by atoms with E-state index in [9.17, 15) is 12.8 Å². The molecule has 2 rings (SSSR count). The van der Waals surface area contributed by atoms with Gasteiger partial charge in [0, 0.05) is 19.6 Å². The molecule has 0 aliphatic heterocycles. The van der Waals surface area contributed by atoms with Crippen molar-refractivity contribution in [2.24, 2.45) is 4.99 Å². The van der Waals surface area contributed by atoms with Gasteiger partial charge in [-0.1, -0.05) is 29.8 Å². The molecule has 3 N–H and O–H groups in total. The summed E-state index contributed by atoms with van der Waals surface area (Å²) in [5.41, 5.74) is 2.36. The summed E-state index contributed by atoms with van der Waals surface area (Å²) in [7, 11) is -3.54. The third kappa shape index (κ3) is 8.27. The molecule has 0 aromatic heterocycles. The molecule has 0 atom stereocenters. The molecule has 0 saturated heterocycles. The van der Waals surface area contributed by atoms with Gasteiger partial charge in [0.25, 0.3) is 0 Å². The van der Waals surface area contributed by atoms with Gasteiger partial charge in [-0.05, 0) is 50.1 Å². The molecule has 29 heavy (non-hydrogen) atoms. The van der Waals surface area contributed by atoms with Crippen molar-refractivity contribution in [1.29, 1.82) is 0 Å². The Labute approximate surface area is 189 Å². The third-order valence-corrected chi connectivity index (χ3v) is 5.52. The van der Waals surface area contributed by atoms with Gasteiger partial charge in [-0.15, -0.1) is 24.0 Å². The van der Waals surface area contributed by atoms with Gasteiger partial charge in [0.05, 0.1) is 11.4 Å². The maximum atomic E-state index is 13.6. The lowest BCUT2D eigenvalue weighted by Crippen LogP contribution is -2.41. The fraction of sp³-hybridized carbons (Fsp3) is 0.350. The third-order valence-electron chi connectivity index (χ3n) is 4.04. The smallest absolute Gasteiger partial charge is 0.240 e. The number of aliphatic imine (C=N–C) groups is 1. The van der Waals surface area contributed by atoms with Crippen LogP contribution in [0.5, 0.6) is 0 Å². The van der Waals surface area contributed by atoms with Gasteiger partial charge in [0.2, 0.25) is 10.0 Å². The number of hydrogen-bond donors (Lipinski definition) is 3. The van der Waals surface area contributed by atoms with Crippen LogP contribution in [0.4, 0.5) is 4.39 Å². The lowest BCUT2D eigenvalue weighted by atomic mass is 10.1. The fourth-order valence-corrected chi connectivity index (χ4v) is 3.45. The summed E-state index contributed by atoms with van der Waals surface area (Å²) in [6.45, 7) is 7.10. The Balaban J connectivity index is 0.00000420. The molecule has 0 aliphatic rings. The van der Waals surface area contributed by atoms with Crippen molar-refractivity contribution in [3.8, 4) is 0 Å². The Bertz CT molecular complexity index is 919. The molecule has 0 fully saturated rings. The van der Waals surface area contributed by atoms with Gasteiger partial charge in [-0.25, -0.2) is 22.5 Å². The number of rotatable bonds is 8. The Morgan fingerprint density at radius 1 is 1.03 bits per heavy atom. The second-order valence-electron chi connectivity index (χ2n) is 6.42. The highest BCUT2D eigenvalue weighted by Gasteiger charge is 2.12. The SMILES string of the molecule is CCNC(=NCc1ccc(C)c(F)c1)NCCNS(=O)(=O)c1ccc(C)cc1.I. The van der Waals surface area contributed by atoms with E-state index in [-0.39, 0.29) is 41.2 Å². The Morgan fingerprint density at radius 3 is 2.34 bits per heavy atom. The second-order valence-corrected chi connectivity index (χ2v) is 8.18. The van der Waals surface area contributed by atoms with Crippen molar-refractivity contribution >= 4 is 40.0 Å². The van der Waals surface area contributed by atoms with Crippen LogP contribution in [0, 0.1) is 19.7 Å². The zero-order chi connectivity index (χ0) is 20.6. The minimum Gasteiger partial charge on any atom is -0.357 e. The van der Waals surface area contributed by atoms with E-state index in [1.807, 2.05) is 19.9 Å². The monoisotopic (exact) mass is 534 g/mol. The highest BCUT2D eigenvalue weighted by molar-refractivity contribution is 14.0. The maximum Gasteiger partial charge on any atom is 0.240 e. The molecule has 0 radical (unpaired) electrons. The number of benzene rings is 2. The highest BCUT2D eigenvalue weighted by atomic mass is 127. The molecule has 0 bridgehead atoms. The molecule has 0 unspecified atom stereocenters. The Kier molecular flexibility index (Phi) is 10.5. The predicted molar refractivity (Wildman–Crippen MR) is 126 cm³/mol. The molecule has 160 valence electrons. The van der Waals surface area contributed by atoms with E-state index in [0.29, 0.717) is 31.2 Å². The van der Waals surface area contributed by atoms with Crippen LogP contribution < -0.4 is 15.4 Å². The number of nitrogens with zero attached hydrogens (tertiary/aromatic N) is 1. The molecular weight excluding hydrogens is 506 g/mol. The lowest BCUT2D eigenvalue weighted by molar-refractivity contribution is 0.580. The summed E-state index contributed by atoms with van der Waals surface area (Å²) in [4.78, 5) is 4.64. The number of nitrogens with one attached hydrogen (secondary N) is 3. The zero-order valence-electron chi connectivity index (χ0n) is 16.8. The van der Waals surface area contributed by atoms with Crippen molar-refractivity contribution < 1.29 is 12.8 Å². The van der Waals surface area contributed by atoms with Crippen LogP contribution in [-0.4, -0.2) is 34.0 Å². The van der Waals surface area contributed by atoms with E-state index >= 15 is 0 Å². The molecule has 9 heteroatoms. The largest absolute Gasteiger partial charge is 0.357 e. The number of sulfonamides is 1. The first-order valence-corrected chi connectivity index (χ1v) is 10.6. The van der Waals surface area contributed by atoms with Gasteiger partial charge in [-0.3, -0.25) is 0 Å². The number of aryl methyl sites for hydroxylation is 2. The fourth-order valence-electron chi connectivity index (χ4n) is 2.41. The quantitative estimate of drug-likeness (QED) is 0.211. The first kappa shape index (κ1) is 25.3. The van der Waals surface area contributed by atoms with Crippen molar-refractivity contribution in [1.82, 2.24) is 15.4 Å². The van der Waals surface area contributed by atoms with Gasteiger partial charge < -0.3 is 10.6 Å². The normalized spacial score (nSPS) is 11.7. The van der Waals surface area contributed by atoms with Crippen LogP contribution in [0.2, 0.25) is 0 Å². The van der Waals surface area contributed by atoms with Crippen molar-refractivity contribution in [3.05, 3.63) is 65.0 Å². The van der Waals surface area contributed by atoms with Crippen LogP contribution in [0.3, 0.4) is 0 Å². The molecule has 6 nitrogen and oxygen atoms in total. The number of halogens is 2. The van der Waals surface area contributed by atoms with E-state index in [4.69, 9.17) is 0 Å². The molecule has 0 spiro atoms. The van der Waals surface area contributed by atoms with Gasteiger partial charge in [0.1, 0.15) is 5.82 Å². The molecule has 2 aromatic carbocycles. The van der Waals surface area contributed by atoms with Crippen LogP contribution >= 0.6 is 24.0 Å². The van der Waals surface area contributed by atoms with Crippen LogP contribution in [-0.2, 0) is 16.6 Å².